The first-order valence-electron chi connectivity index (χ1n) is 11.9. The number of urea groups is 1. The second kappa shape index (κ2) is 10.9. The predicted molar refractivity (Wildman–Crippen MR) is 132 cm³/mol. The molecule has 3 unspecified atom stereocenters. The Balaban J connectivity index is 1.74. The highest BCUT2D eigenvalue weighted by Crippen LogP contribution is 2.43. The highest BCUT2D eigenvalue weighted by molar-refractivity contribution is 7.16. The van der Waals surface area contributed by atoms with Crippen molar-refractivity contribution in [1.82, 2.24) is 20.0 Å². The summed E-state index contributed by atoms with van der Waals surface area (Å²) in [5.74, 6) is 0.360. The number of likely N-dealkylation sites (N-methyl/N-ethyl adjacent to an activating group) is 2. The number of fused-ring (bicyclic) bond motifs is 2. The van der Waals surface area contributed by atoms with Crippen LogP contribution in [0.2, 0.25) is 0 Å². The molecule has 1 saturated heterocycles. The van der Waals surface area contributed by atoms with Crippen LogP contribution >= 0.6 is 11.3 Å². The summed E-state index contributed by atoms with van der Waals surface area (Å²) in [6.07, 6.45) is 3.16. The van der Waals surface area contributed by atoms with E-state index in [1.165, 1.54) is 21.1 Å². The molecule has 182 valence electrons. The maximum absolute atomic E-state index is 13.6. The molecule has 0 aromatic carbocycles. The molecule has 3 rings (SSSR count). The van der Waals surface area contributed by atoms with Crippen molar-refractivity contribution in [1.29, 1.82) is 5.26 Å². The van der Waals surface area contributed by atoms with E-state index < -0.39 is 0 Å². The van der Waals surface area contributed by atoms with Crippen LogP contribution in [0.25, 0.3) is 0 Å². The number of rotatable bonds is 7. The number of thiophene rings is 1. The number of hydrogen-bond acceptors (Lipinski definition) is 7. The van der Waals surface area contributed by atoms with Gasteiger partial charge in [0.1, 0.15) is 11.1 Å². The third-order valence-corrected chi connectivity index (χ3v) is 8.01. The van der Waals surface area contributed by atoms with Crippen molar-refractivity contribution in [3.8, 4) is 6.07 Å². The minimum atomic E-state index is -0.296. The van der Waals surface area contributed by atoms with E-state index in [-0.39, 0.29) is 23.8 Å². The Hall–Kier alpha value is -2.15. The van der Waals surface area contributed by atoms with Gasteiger partial charge in [0.15, 0.2) is 0 Å². The van der Waals surface area contributed by atoms with Gasteiger partial charge in [-0.15, -0.1) is 11.3 Å². The molecule has 1 fully saturated rings. The first-order valence-corrected chi connectivity index (χ1v) is 12.7. The van der Waals surface area contributed by atoms with Crippen molar-refractivity contribution in [2.24, 2.45) is 17.8 Å². The molecule has 0 bridgehead atoms. The molecule has 8 nitrogen and oxygen atoms in total. The van der Waals surface area contributed by atoms with Crippen LogP contribution in [0.5, 0.6) is 0 Å². The number of nitrogens with zero attached hydrogens (tertiary/aromatic N) is 4. The van der Waals surface area contributed by atoms with Crippen LogP contribution in [0.4, 0.5) is 9.80 Å². The number of carbonyl (C=O) groups is 2. The predicted octanol–water partition coefficient (Wildman–Crippen LogP) is 2.38. The molecule has 2 aliphatic rings. The second-order valence-corrected chi connectivity index (χ2v) is 11.3. The van der Waals surface area contributed by atoms with Gasteiger partial charge < -0.3 is 20.9 Å². The van der Waals surface area contributed by atoms with Crippen LogP contribution in [-0.4, -0.2) is 80.0 Å². The Bertz CT molecular complexity index is 906. The van der Waals surface area contributed by atoms with Gasteiger partial charge in [-0.3, -0.25) is 9.69 Å². The molecular weight excluding hydrogens is 436 g/mol. The normalized spacial score (nSPS) is 22.5. The van der Waals surface area contributed by atoms with Gasteiger partial charge in [-0.25, -0.2) is 4.79 Å². The van der Waals surface area contributed by atoms with Crippen molar-refractivity contribution in [3.63, 3.8) is 0 Å². The average Bonchev–Trinajstić information content (AvgIpc) is 3.05. The molecule has 9 heteroatoms. The Morgan fingerprint density at radius 2 is 2.03 bits per heavy atom. The second-order valence-electron chi connectivity index (χ2n) is 10.2. The number of nitrogen functional groups attached to an aromatic ring is 1. The van der Waals surface area contributed by atoms with Crippen molar-refractivity contribution < 1.29 is 9.59 Å². The number of nitriles is 1. The standard InChI is InChI=1S/C24H38N6O2S/c1-15(2)6-8-30(24(32)27-7-9-28(3)4)23(31)17-10-16-11-18-19(13-25)22(26)33-21(18)12-20(16)29(5)14-17/h15-17,20H,6-12,14,26H2,1-5H3,(H,27,32). The fourth-order valence-corrected chi connectivity index (χ4v) is 6.15. The van der Waals surface area contributed by atoms with Crippen molar-refractivity contribution >= 4 is 28.3 Å². The molecule has 1 aliphatic carbocycles. The van der Waals surface area contributed by atoms with Gasteiger partial charge in [0.25, 0.3) is 0 Å². The lowest BCUT2D eigenvalue weighted by Crippen LogP contribution is -2.55. The number of nitrogens with two attached hydrogens (primary N) is 1. The zero-order valence-corrected chi connectivity index (χ0v) is 21.4. The smallest absolute Gasteiger partial charge is 0.324 e. The van der Waals surface area contributed by atoms with Crippen molar-refractivity contribution in [2.75, 3.05) is 53.1 Å². The molecule has 3 N–H and O–H groups in total. The molecule has 1 aliphatic heterocycles. The first-order chi connectivity index (χ1) is 15.6. The lowest BCUT2D eigenvalue weighted by molar-refractivity contribution is -0.136. The third kappa shape index (κ3) is 5.86. The van der Waals surface area contributed by atoms with E-state index in [9.17, 15) is 14.9 Å². The van der Waals surface area contributed by atoms with E-state index in [0.717, 1.165) is 37.8 Å². The molecule has 33 heavy (non-hydrogen) atoms. The number of likely N-dealkylation sites (tertiary alicyclic amines) is 1. The highest BCUT2D eigenvalue weighted by Gasteiger charge is 2.43. The molecule has 1 aromatic heterocycles. The number of anilines is 1. The van der Waals surface area contributed by atoms with Crippen LogP contribution < -0.4 is 11.1 Å². The SMILES string of the molecule is CC(C)CCN(C(=O)NCCN(C)C)C(=O)C1CC2Cc3c(sc(N)c3C#N)CC2N(C)C1. The first kappa shape index (κ1) is 25.5. The lowest BCUT2D eigenvalue weighted by Gasteiger charge is -2.45. The van der Waals surface area contributed by atoms with Crippen molar-refractivity contribution in [2.45, 2.75) is 45.6 Å². The summed E-state index contributed by atoms with van der Waals surface area (Å²) in [5.41, 5.74) is 7.78. The van der Waals surface area contributed by atoms with E-state index in [4.69, 9.17) is 5.73 Å². The molecule has 3 amide bonds. The zero-order chi connectivity index (χ0) is 24.3. The fourth-order valence-electron chi connectivity index (χ4n) is 5.05. The zero-order valence-electron chi connectivity index (χ0n) is 20.6. The number of amides is 3. The summed E-state index contributed by atoms with van der Waals surface area (Å²) in [5, 5.41) is 13.1. The van der Waals surface area contributed by atoms with Crippen LogP contribution in [0, 0.1) is 29.1 Å². The Morgan fingerprint density at radius 1 is 1.30 bits per heavy atom. The molecule has 0 saturated carbocycles. The van der Waals surface area contributed by atoms with E-state index in [1.807, 2.05) is 19.0 Å². The van der Waals surface area contributed by atoms with Gasteiger partial charge in [0.2, 0.25) is 5.91 Å². The lowest BCUT2D eigenvalue weighted by atomic mass is 9.74. The molecule has 3 atom stereocenters. The summed E-state index contributed by atoms with van der Waals surface area (Å²) in [6.45, 7) is 6.51. The molecule has 2 heterocycles. The molecule has 1 aromatic rings. The summed E-state index contributed by atoms with van der Waals surface area (Å²) in [4.78, 5) is 33.5. The molecule has 0 spiro atoms. The van der Waals surface area contributed by atoms with Crippen LogP contribution in [0.1, 0.15) is 42.7 Å². The maximum Gasteiger partial charge on any atom is 0.324 e. The van der Waals surface area contributed by atoms with Gasteiger partial charge in [0.05, 0.1) is 11.5 Å². The van der Waals surface area contributed by atoms with Gasteiger partial charge in [0, 0.05) is 37.1 Å². The fraction of sp³-hybridized carbons (Fsp3) is 0.708. The van der Waals surface area contributed by atoms with E-state index in [1.54, 1.807) is 0 Å². The van der Waals surface area contributed by atoms with Crippen LogP contribution in [-0.2, 0) is 17.6 Å². The Morgan fingerprint density at radius 3 is 2.67 bits per heavy atom. The minimum absolute atomic E-state index is 0.0839. The Labute approximate surface area is 201 Å². The number of carbonyl (C=O) groups excluding carboxylic acids is 2. The van der Waals surface area contributed by atoms with Crippen LogP contribution in [0.15, 0.2) is 0 Å². The molecule has 0 radical (unpaired) electrons. The number of nitrogens with one attached hydrogen (secondary N) is 1. The van der Waals surface area contributed by atoms with E-state index >= 15 is 0 Å². The van der Waals surface area contributed by atoms with Crippen molar-refractivity contribution in [3.05, 3.63) is 16.0 Å². The monoisotopic (exact) mass is 474 g/mol. The quantitative estimate of drug-likeness (QED) is 0.629. The summed E-state index contributed by atoms with van der Waals surface area (Å²) >= 11 is 1.53. The third-order valence-electron chi connectivity index (χ3n) is 6.92. The number of imide groups is 1. The summed E-state index contributed by atoms with van der Waals surface area (Å²) in [6, 6.07) is 2.31. The maximum atomic E-state index is 13.6. The largest absolute Gasteiger partial charge is 0.389 e. The van der Waals surface area contributed by atoms with E-state index in [2.05, 4.69) is 37.2 Å². The van der Waals surface area contributed by atoms with Gasteiger partial charge in [-0.2, -0.15) is 5.26 Å². The molecular formula is C24H38N6O2S. The van der Waals surface area contributed by atoms with Crippen LogP contribution in [0.3, 0.4) is 0 Å². The van der Waals surface area contributed by atoms with E-state index in [0.29, 0.717) is 42.2 Å². The van der Waals surface area contributed by atoms with Gasteiger partial charge in [-0.05, 0) is 64.2 Å². The van der Waals surface area contributed by atoms with Gasteiger partial charge >= 0.3 is 6.03 Å². The highest BCUT2D eigenvalue weighted by atomic mass is 32.1. The number of hydrogen-bond donors (Lipinski definition) is 2. The summed E-state index contributed by atoms with van der Waals surface area (Å²) in [7, 11) is 5.98. The minimum Gasteiger partial charge on any atom is -0.389 e. The summed E-state index contributed by atoms with van der Waals surface area (Å²) < 4.78 is 0. The van der Waals surface area contributed by atoms with Gasteiger partial charge in [-0.1, -0.05) is 13.8 Å². The topological polar surface area (TPSA) is 106 Å². The number of piperidine rings is 1. The average molecular weight is 475 g/mol. The Kier molecular flexibility index (Phi) is 8.38.